The third kappa shape index (κ3) is 4.02. The van der Waals surface area contributed by atoms with E-state index in [9.17, 15) is 5.11 Å². The van der Waals surface area contributed by atoms with Gasteiger partial charge in [0.2, 0.25) is 0 Å². The molecule has 2 aliphatic rings. The van der Waals surface area contributed by atoms with Crippen LogP contribution in [0.3, 0.4) is 0 Å². The number of rotatable bonds is 4. The Bertz CT molecular complexity index is 784. The van der Waals surface area contributed by atoms with Crippen molar-refractivity contribution in [3.8, 4) is 5.75 Å². The smallest absolute Gasteiger partial charge is 0.193 e. The molecule has 1 heterocycles. The molecule has 1 aliphatic carbocycles. The number of hydrogen-bond donors (Lipinski definition) is 2. The molecule has 5 nitrogen and oxygen atoms in total. The monoisotopic (exact) mass is 364 g/mol. The molecule has 2 N–H and O–H groups in total. The summed E-state index contributed by atoms with van der Waals surface area (Å²) in [4.78, 5) is 9.05. The summed E-state index contributed by atoms with van der Waals surface area (Å²) in [6.45, 7) is 4.55. The lowest BCUT2D eigenvalue weighted by Gasteiger charge is -2.37. The van der Waals surface area contributed by atoms with Crippen molar-refractivity contribution in [2.75, 3.05) is 44.7 Å². The van der Waals surface area contributed by atoms with E-state index >= 15 is 0 Å². The van der Waals surface area contributed by atoms with Crippen LogP contribution in [0.2, 0.25) is 0 Å². The number of hydrogen-bond acceptors (Lipinski definition) is 3. The van der Waals surface area contributed by atoms with E-state index in [1.54, 1.807) is 6.07 Å². The second-order valence-corrected chi connectivity index (χ2v) is 7.40. The predicted molar refractivity (Wildman–Crippen MR) is 111 cm³/mol. The Hall–Kier alpha value is -2.69. The zero-order chi connectivity index (χ0) is 18.6. The van der Waals surface area contributed by atoms with E-state index in [-0.39, 0.29) is 0 Å². The summed E-state index contributed by atoms with van der Waals surface area (Å²) < 4.78 is 0. The molecule has 2 fully saturated rings. The minimum Gasteiger partial charge on any atom is -0.506 e. The van der Waals surface area contributed by atoms with Gasteiger partial charge in [-0.15, -0.1) is 0 Å². The lowest BCUT2D eigenvalue weighted by molar-refractivity contribution is 0.369. The molecule has 5 heteroatoms. The number of benzene rings is 2. The highest BCUT2D eigenvalue weighted by molar-refractivity contribution is 5.80. The van der Waals surface area contributed by atoms with Gasteiger partial charge in [-0.25, -0.2) is 0 Å². The van der Waals surface area contributed by atoms with Gasteiger partial charge in [-0.3, -0.25) is 4.99 Å². The van der Waals surface area contributed by atoms with E-state index in [0.717, 1.165) is 44.4 Å². The minimum atomic E-state index is 0.356. The SMILES string of the molecule is CN=C(NCC1CC1c1ccccc1)N1CCN(c2ccccc2O)CC1. The van der Waals surface area contributed by atoms with Crippen molar-refractivity contribution < 1.29 is 5.11 Å². The highest BCUT2D eigenvalue weighted by Gasteiger charge is 2.38. The van der Waals surface area contributed by atoms with Gasteiger partial charge in [0.1, 0.15) is 5.75 Å². The number of aromatic hydroxyl groups is 1. The van der Waals surface area contributed by atoms with Gasteiger partial charge in [0.25, 0.3) is 0 Å². The molecule has 0 aromatic heterocycles. The zero-order valence-electron chi connectivity index (χ0n) is 15.9. The molecular weight excluding hydrogens is 336 g/mol. The molecule has 1 saturated carbocycles. The first-order valence-corrected chi connectivity index (χ1v) is 9.79. The quantitative estimate of drug-likeness (QED) is 0.647. The molecule has 142 valence electrons. The molecule has 0 bridgehead atoms. The third-order valence-corrected chi connectivity index (χ3v) is 5.69. The van der Waals surface area contributed by atoms with Crippen molar-refractivity contribution >= 4 is 11.6 Å². The Kier molecular flexibility index (Phi) is 5.19. The van der Waals surface area contributed by atoms with E-state index in [1.165, 1.54) is 12.0 Å². The molecule has 1 saturated heterocycles. The molecule has 2 unspecified atom stereocenters. The number of phenolic OH excluding ortho intramolecular Hbond substituents is 1. The first-order valence-electron chi connectivity index (χ1n) is 9.79. The van der Waals surface area contributed by atoms with E-state index < -0.39 is 0 Å². The average Bonchev–Trinajstić information content (AvgIpc) is 3.50. The topological polar surface area (TPSA) is 51.1 Å². The van der Waals surface area contributed by atoms with Crippen molar-refractivity contribution in [3.63, 3.8) is 0 Å². The van der Waals surface area contributed by atoms with Gasteiger partial charge in [0.15, 0.2) is 5.96 Å². The fourth-order valence-electron chi connectivity index (χ4n) is 4.03. The van der Waals surface area contributed by atoms with Gasteiger partial charge in [-0.1, -0.05) is 42.5 Å². The first-order chi connectivity index (χ1) is 13.3. The van der Waals surface area contributed by atoms with Gasteiger partial charge in [0.05, 0.1) is 5.69 Å². The maximum absolute atomic E-state index is 10.1. The zero-order valence-corrected chi connectivity index (χ0v) is 15.9. The Morgan fingerprint density at radius 2 is 1.74 bits per heavy atom. The fourth-order valence-corrected chi connectivity index (χ4v) is 4.03. The molecule has 2 aromatic carbocycles. The summed E-state index contributed by atoms with van der Waals surface area (Å²) in [5.74, 6) is 2.74. The van der Waals surface area contributed by atoms with Gasteiger partial charge >= 0.3 is 0 Å². The van der Waals surface area contributed by atoms with Gasteiger partial charge in [0, 0.05) is 39.8 Å². The van der Waals surface area contributed by atoms with Crippen LogP contribution in [0.1, 0.15) is 17.9 Å². The van der Waals surface area contributed by atoms with Crippen LogP contribution >= 0.6 is 0 Å². The summed E-state index contributed by atoms with van der Waals surface area (Å²) in [6.07, 6.45) is 1.26. The number of para-hydroxylation sites is 2. The Morgan fingerprint density at radius 3 is 2.44 bits per heavy atom. The standard InChI is InChI=1S/C22H28N4O/c1-23-22(24-16-18-15-19(18)17-7-3-2-4-8-17)26-13-11-25(12-14-26)20-9-5-6-10-21(20)27/h2-10,18-19,27H,11-16H2,1H3,(H,23,24). The highest BCUT2D eigenvalue weighted by atomic mass is 16.3. The highest BCUT2D eigenvalue weighted by Crippen LogP contribution is 2.46. The lowest BCUT2D eigenvalue weighted by atomic mass is 10.1. The number of phenols is 1. The number of guanidine groups is 1. The van der Waals surface area contributed by atoms with Gasteiger partial charge in [-0.05, 0) is 36.0 Å². The number of anilines is 1. The molecule has 4 rings (SSSR count). The molecule has 0 spiro atoms. The normalized spacial score (nSPS) is 22.6. The van der Waals surface area contributed by atoms with Crippen LogP contribution in [-0.4, -0.2) is 55.7 Å². The summed E-state index contributed by atoms with van der Waals surface area (Å²) >= 11 is 0. The van der Waals surface area contributed by atoms with Crippen LogP contribution in [0, 0.1) is 5.92 Å². The fraction of sp³-hybridized carbons (Fsp3) is 0.409. The summed E-state index contributed by atoms with van der Waals surface area (Å²) in [5, 5.41) is 13.6. The predicted octanol–water partition coefficient (Wildman–Crippen LogP) is 2.89. The van der Waals surface area contributed by atoms with Crippen molar-refractivity contribution in [2.45, 2.75) is 12.3 Å². The Balaban J connectivity index is 1.27. The lowest BCUT2D eigenvalue weighted by Crippen LogP contribution is -2.52. The molecule has 2 aromatic rings. The van der Waals surface area contributed by atoms with Crippen LogP contribution in [0.15, 0.2) is 59.6 Å². The molecule has 0 radical (unpaired) electrons. The van der Waals surface area contributed by atoms with Gasteiger partial charge < -0.3 is 20.2 Å². The maximum atomic E-state index is 10.1. The largest absolute Gasteiger partial charge is 0.506 e. The Morgan fingerprint density at radius 1 is 1.04 bits per heavy atom. The van der Waals surface area contributed by atoms with Crippen molar-refractivity contribution in [1.82, 2.24) is 10.2 Å². The second-order valence-electron chi connectivity index (χ2n) is 7.40. The summed E-state index contributed by atoms with van der Waals surface area (Å²) in [6, 6.07) is 18.4. The van der Waals surface area contributed by atoms with Crippen molar-refractivity contribution in [3.05, 3.63) is 60.2 Å². The third-order valence-electron chi connectivity index (χ3n) is 5.69. The second kappa shape index (κ2) is 7.91. The average molecular weight is 364 g/mol. The first kappa shape index (κ1) is 17.7. The van der Waals surface area contributed by atoms with Crippen LogP contribution < -0.4 is 10.2 Å². The molecule has 27 heavy (non-hydrogen) atoms. The van der Waals surface area contributed by atoms with E-state index in [0.29, 0.717) is 17.6 Å². The van der Waals surface area contributed by atoms with Crippen LogP contribution in [0.5, 0.6) is 5.75 Å². The molecular formula is C22H28N4O. The number of piperazine rings is 1. The summed E-state index contributed by atoms with van der Waals surface area (Å²) in [5.41, 5.74) is 2.37. The van der Waals surface area contributed by atoms with E-state index in [4.69, 9.17) is 0 Å². The molecule has 2 atom stereocenters. The molecule has 1 aliphatic heterocycles. The van der Waals surface area contributed by atoms with E-state index in [2.05, 4.69) is 50.4 Å². The Labute approximate surface area is 161 Å². The van der Waals surface area contributed by atoms with Crippen molar-refractivity contribution in [2.24, 2.45) is 10.9 Å². The van der Waals surface area contributed by atoms with E-state index in [1.807, 2.05) is 25.2 Å². The van der Waals surface area contributed by atoms with Crippen LogP contribution in [0.4, 0.5) is 5.69 Å². The molecule has 0 amide bonds. The minimum absolute atomic E-state index is 0.356. The maximum Gasteiger partial charge on any atom is 0.193 e. The number of nitrogens with one attached hydrogen (secondary N) is 1. The summed E-state index contributed by atoms with van der Waals surface area (Å²) in [7, 11) is 1.86. The van der Waals surface area contributed by atoms with Crippen LogP contribution in [-0.2, 0) is 0 Å². The number of nitrogens with zero attached hydrogens (tertiary/aromatic N) is 3. The number of aliphatic imine (C=N–C) groups is 1. The van der Waals surface area contributed by atoms with Crippen LogP contribution in [0.25, 0.3) is 0 Å². The van der Waals surface area contributed by atoms with Crippen molar-refractivity contribution in [1.29, 1.82) is 0 Å². The van der Waals surface area contributed by atoms with Gasteiger partial charge in [-0.2, -0.15) is 0 Å².